The molecule has 1 aliphatic heterocycles. The lowest BCUT2D eigenvalue weighted by atomic mass is 9.98. The van der Waals surface area contributed by atoms with E-state index in [9.17, 15) is 14.5 Å². The molecule has 3 N–H and O–H groups in total. The first kappa shape index (κ1) is 26.9. The highest BCUT2D eigenvalue weighted by molar-refractivity contribution is 7.52. The summed E-state index contributed by atoms with van der Waals surface area (Å²) in [4.78, 5) is 24.4. The largest absolute Gasteiger partial charge is 0.468 e. The van der Waals surface area contributed by atoms with Crippen molar-refractivity contribution in [2.24, 2.45) is 0 Å². The van der Waals surface area contributed by atoms with E-state index in [-0.39, 0.29) is 11.4 Å². The molecule has 1 unspecified atom stereocenters. The molecule has 3 aromatic rings. The van der Waals surface area contributed by atoms with Gasteiger partial charge in [-0.3, -0.25) is 13.9 Å². The number of imidazole rings is 1. The second-order valence-electron chi connectivity index (χ2n) is 8.49. The standard InChI is InChI=1S/C22H28FN6O7P/c1-13(20(31)33-4)28-37(32,36-14-8-6-5-7-9-14)34-10-15-17(30)22(2,23)21(35-15)29-12-27-16-18(24-3)25-11-26-19(16)29/h5-9,11-13,15,17,21,30H,10H2,1-4H3,(H,28,32)(H,24,25,26)/t13-,15+,17+,21+,22+,37?/m0/s1. The summed E-state index contributed by atoms with van der Waals surface area (Å²) >= 11 is 0. The van der Waals surface area contributed by atoms with Crippen molar-refractivity contribution in [2.45, 2.75) is 44.0 Å². The van der Waals surface area contributed by atoms with Crippen molar-refractivity contribution in [1.82, 2.24) is 24.6 Å². The van der Waals surface area contributed by atoms with Gasteiger partial charge in [0.25, 0.3) is 0 Å². The molecule has 2 aromatic heterocycles. The number of alkyl halides is 1. The molecule has 1 aliphatic rings. The zero-order chi connectivity index (χ0) is 26.8. The number of rotatable bonds is 10. The molecule has 1 saturated heterocycles. The summed E-state index contributed by atoms with van der Waals surface area (Å²) in [7, 11) is -1.39. The number of fused-ring (bicyclic) bond motifs is 1. The number of ether oxygens (including phenoxy) is 2. The molecule has 13 nitrogen and oxygen atoms in total. The van der Waals surface area contributed by atoms with Crippen molar-refractivity contribution in [2.75, 3.05) is 26.1 Å². The highest BCUT2D eigenvalue weighted by Gasteiger charge is 2.56. The first-order chi connectivity index (χ1) is 17.6. The fourth-order valence-electron chi connectivity index (χ4n) is 3.91. The molecule has 200 valence electrons. The van der Waals surface area contributed by atoms with Crippen LogP contribution in [0.1, 0.15) is 20.1 Å². The third kappa shape index (κ3) is 5.43. The number of halogens is 1. The van der Waals surface area contributed by atoms with Crippen molar-refractivity contribution in [3.8, 4) is 5.75 Å². The summed E-state index contributed by atoms with van der Waals surface area (Å²) in [5.41, 5.74) is -1.63. The zero-order valence-electron chi connectivity index (χ0n) is 20.6. The van der Waals surface area contributed by atoms with E-state index in [4.69, 9.17) is 13.8 Å². The molecule has 0 radical (unpaired) electrons. The van der Waals surface area contributed by atoms with Crippen LogP contribution in [0.15, 0.2) is 43.0 Å². The first-order valence-corrected chi connectivity index (χ1v) is 12.9. The van der Waals surface area contributed by atoms with E-state index in [1.165, 1.54) is 38.2 Å². The summed E-state index contributed by atoms with van der Waals surface area (Å²) in [5, 5.41) is 16.1. The fourth-order valence-corrected chi connectivity index (χ4v) is 5.41. The van der Waals surface area contributed by atoms with Gasteiger partial charge in [-0.25, -0.2) is 23.9 Å². The fraction of sp³-hybridized carbons (Fsp3) is 0.455. The Morgan fingerprint density at radius 3 is 2.73 bits per heavy atom. The van der Waals surface area contributed by atoms with E-state index in [0.29, 0.717) is 11.3 Å². The maximum Gasteiger partial charge on any atom is 0.459 e. The second-order valence-corrected chi connectivity index (χ2v) is 10.2. The van der Waals surface area contributed by atoms with Crippen molar-refractivity contribution < 1.29 is 37.4 Å². The van der Waals surface area contributed by atoms with Gasteiger partial charge in [-0.05, 0) is 26.0 Å². The molecule has 0 spiro atoms. The topological polar surface area (TPSA) is 159 Å². The van der Waals surface area contributed by atoms with Crippen LogP contribution in [0.3, 0.4) is 0 Å². The number of aliphatic hydroxyl groups is 1. The molecule has 3 heterocycles. The average Bonchev–Trinajstić information content (AvgIpc) is 3.40. The number of carbonyl (C=O) groups excluding carboxylic acids is 1. The SMILES string of the molecule is CNc1ncnc2c1ncn2[C@@H]1O[C@H](COP(=O)(N[C@@H](C)C(=O)OC)Oc2ccccc2)[C@@H](O)[C@@]1(C)F. The van der Waals surface area contributed by atoms with Crippen molar-refractivity contribution in [3.63, 3.8) is 0 Å². The van der Waals surface area contributed by atoms with Crippen LogP contribution in [0.25, 0.3) is 11.2 Å². The number of para-hydroxylation sites is 1. The van der Waals surface area contributed by atoms with E-state index in [1.807, 2.05) is 0 Å². The van der Waals surface area contributed by atoms with Crippen LogP contribution >= 0.6 is 7.75 Å². The average molecular weight is 538 g/mol. The maximum absolute atomic E-state index is 15.8. The van der Waals surface area contributed by atoms with Crippen LogP contribution in [-0.2, 0) is 23.4 Å². The molecule has 0 bridgehead atoms. The van der Waals surface area contributed by atoms with E-state index in [0.717, 1.165) is 0 Å². The lowest BCUT2D eigenvalue weighted by Crippen LogP contribution is -2.41. The lowest BCUT2D eigenvalue weighted by Gasteiger charge is -2.25. The van der Waals surface area contributed by atoms with Crippen molar-refractivity contribution in [1.29, 1.82) is 0 Å². The van der Waals surface area contributed by atoms with Crippen LogP contribution in [0, 0.1) is 0 Å². The van der Waals surface area contributed by atoms with Gasteiger partial charge in [-0.2, -0.15) is 5.09 Å². The minimum Gasteiger partial charge on any atom is -0.468 e. The third-order valence-electron chi connectivity index (χ3n) is 5.85. The van der Waals surface area contributed by atoms with Gasteiger partial charge in [0.05, 0.1) is 20.0 Å². The number of methoxy groups -OCH3 is 1. The smallest absolute Gasteiger partial charge is 0.459 e. The molecule has 0 aliphatic carbocycles. The van der Waals surface area contributed by atoms with Crippen LogP contribution in [-0.4, -0.2) is 75.3 Å². The van der Waals surface area contributed by atoms with Gasteiger partial charge in [0.15, 0.2) is 23.4 Å². The highest BCUT2D eigenvalue weighted by Crippen LogP contribution is 2.48. The first-order valence-electron chi connectivity index (χ1n) is 11.3. The number of aliphatic hydroxyl groups excluding tert-OH is 1. The highest BCUT2D eigenvalue weighted by atomic mass is 31.2. The molecule has 37 heavy (non-hydrogen) atoms. The van der Waals surface area contributed by atoms with E-state index in [1.54, 1.807) is 37.4 Å². The summed E-state index contributed by atoms with van der Waals surface area (Å²) in [6.45, 7) is 2.05. The number of nitrogens with zero attached hydrogens (tertiary/aromatic N) is 4. The van der Waals surface area contributed by atoms with E-state index in [2.05, 4.69) is 30.1 Å². The molecule has 4 rings (SSSR count). The second kappa shape index (κ2) is 10.7. The Hall–Kier alpha value is -3.16. The number of aromatic nitrogens is 4. The summed E-state index contributed by atoms with van der Waals surface area (Å²) < 4.78 is 52.3. The maximum atomic E-state index is 15.8. The number of benzene rings is 1. The Bertz CT molecular complexity index is 1290. The quantitative estimate of drug-likeness (QED) is 0.256. The van der Waals surface area contributed by atoms with Crippen LogP contribution in [0.2, 0.25) is 0 Å². The Morgan fingerprint density at radius 2 is 2.05 bits per heavy atom. The van der Waals surface area contributed by atoms with Gasteiger partial charge in [-0.15, -0.1) is 0 Å². The van der Waals surface area contributed by atoms with Crippen LogP contribution in [0.5, 0.6) is 5.75 Å². The predicted octanol–water partition coefficient (Wildman–Crippen LogP) is 2.21. The molecule has 0 amide bonds. The Morgan fingerprint density at radius 1 is 1.32 bits per heavy atom. The van der Waals surface area contributed by atoms with E-state index < -0.39 is 50.5 Å². The molecule has 0 saturated carbocycles. The molecular formula is C22H28FN6O7P. The van der Waals surface area contributed by atoms with Gasteiger partial charge >= 0.3 is 13.7 Å². The number of nitrogens with one attached hydrogen (secondary N) is 2. The summed E-state index contributed by atoms with van der Waals surface area (Å²) in [5.74, 6) is -0.0714. The molecule has 1 aromatic carbocycles. The lowest BCUT2D eigenvalue weighted by molar-refractivity contribution is -0.142. The number of hydrogen-bond donors (Lipinski definition) is 3. The number of hydrogen-bond acceptors (Lipinski definition) is 11. The number of anilines is 1. The van der Waals surface area contributed by atoms with Crippen LogP contribution in [0.4, 0.5) is 10.2 Å². The normalized spacial score (nSPS) is 25.9. The molecule has 1 fully saturated rings. The summed E-state index contributed by atoms with van der Waals surface area (Å²) in [6, 6.07) is 7.07. The molecule has 15 heteroatoms. The minimum absolute atomic E-state index is 0.196. The van der Waals surface area contributed by atoms with Crippen LogP contribution < -0.4 is 14.9 Å². The van der Waals surface area contributed by atoms with Gasteiger partial charge < -0.3 is 24.4 Å². The summed E-state index contributed by atoms with van der Waals surface area (Å²) in [6.07, 6.45) is -1.65. The minimum atomic E-state index is -4.23. The Balaban J connectivity index is 1.55. The molecular weight excluding hydrogens is 510 g/mol. The van der Waals surface area contributed by atoms with Gasteiger partial charge in [0, 0.05) is 7.05 Å². The number of carbonyl (C=O) groups is 1. The molecule has 6 atom stereocenters. The van der Waals surface area contributed by atoms with Crippen molar-refractivity contribution >= 4 is 30.7 Å². The Labute approximate surface area is 211 Å². The van der Waals surface area contributed by atoms with Crippen molar-refractivity contribution in [3.05, 3.63) is 43.0 Å². The van der Waals surface area contributed by atoms with E-state index >= 15 is 4.39 Å². The monoisotopic (exact) mass is 538 g/mol. The zero-order valence-corrected chi connectivity index (χ0v) is 21.5. The third-order valence-corrected chi connectivity index (χ3v) is 7.49. The predicted molar refractivity (Wildman–Crippen MR) is 130 cm³/mol. The number of esters is 1. The Kier molecular flexibility index (Phi) is 7.76. The van der Waals surface area contributed by atoms with Gasteiger partial charge in [0.2, 0.25) is 0 Å². The van der Waals surface area contributed by atoms with Gasteiger partial charge in [0.1, 0.15) is 35.8 Å². The van der Waals surface area contributed by atoms with Gasteiger partial charge in [-0.1, -0.05) is 18.2 Å².